The van der Waals surface area contributed by atoms with Crippen molar-refractivity contribution >= 4 is 23.6 Å². The average molecular weight is 254 g/mol. The molecule has 0 fully saturated rings. The number of thiazole rings is 1. The molecular formula is C10H14N4S2. The molecule has 0 radical (unpaired) electrons. The Bertz CT molecular complexity index is 509. The molecule has 1 N–H and O–H groups in total. The van der Waals surface area contributed by atoms with Crippen molar-refractivity contribution in [3.8, 4) is 0 Å². The number of rotatable bonds is 3. The first-order valence-electron chi connectivity index (χ1n) is 5.17. The van der Waals surface area contributed by atoms with Crippen molar-refractivity contribution in [2.45, 2.75) is 32.7 Å². The molecule has 2 rings (SSSR count). The van der Waals surface area contributed by atoms with Gasteiger partial charge in [0.15, 0.2) is 4.77 Å². The van der Waals surface area contributed by atoms with Crippen molar-refractivity contribution in [1.82, 2.24) is 19.7 Å². The number of nitrogens with one attached hydrogen (secondary N) is 1. The Hall–Kier alpha value is -1.01. The van der Waals surface area contributed by atoms with E-state index in [1.807, 2.05) is 16.1 Å². The maximum atomic E-state index is 5.26. The molecule has 2 aromatic rings. The van der Waals surface area contributed by atoms with Crippen LogP contribution in [-0.2, 0) is 0 Å². The van der Waals surface area contributed by atoms with E-state index in [0.717, 1.165) is 10.8 Å². The maximum Gasteiger partial charge on any atom is 0.195 e. The quantitative estimate of drug-likeness (QED) is 0.856. The lowest BCUT2D eigenvalue weighted by molar-refractivity contribution is 0.570. The van der Waals surface area contributed by atoms with Gasteiger partial charge in [-0.2, -0.15) is 5.10 Å². The van der Waals surface area contributed by atoms with Crippen molar-refractivity contribution in [2.24, 2.45) is 0 Å². The van der Waals surface area contributed by atoms with Crippen molar-refractivity contribution in [1.29, 1.82) is 0 Å². The molecule has 0 saturated heterocycles. The van der Waals surface area contributed by atoms with E-state index in [0.29, 0.717) is 10.7 Å². The van der Waals surface area contributed by atoms with Crippen molar-refractivity contribution in [2.75, 3.05) is 0 Å². The topological polar surface area (TPSA) is 46.5 Å². The highest BCUT2D eigenvalue weighted by Crippen LogP contribution is 2.24. The van der Waals surface area contributed by atoms with Gasteiger partial charge in [0.25, 0.3) is 0 Å². The minimum atomic E-state index is 0.142. The first kappa shape index (κ1) is 11.5. The molecule has 2 aromatic heterocycles. The first-order chi connectivity index (χ1) is 7.61. The summed E-state index contributed by atoms with van der Waals surface area (Å²) in [5.74, 6) is 1.32. The van der Waals surface area contributed by atoms with Crippen LogP contribution in [0.3, 0.4) is 0 Å². The van der Waals surface area contributed by atoms with E-state index in [1.165, 1.54) is 0 Å². The zero-order chi connectivity index (χ0) is 11.7. The van der Waals surface area contributed by atoms with E-state index >= 15 is 0 Å². The average Bonchev–Trinajstić information content (AvgIpc) is 2.84. The Kier molecular flexibility index (Phi) is 3.20. The highest BCUT2D eigenvalue weighted by atomic mass is 32.1. The second-order valence-corrected chi connectivity index (χ2v) is 5.27. The van der Waals surface area contributed by atoms with E-state index < -0.39 is 0 Å². The van der Waals surface area contributed by atoms with Gasteiger partial charge in [0.05, 0.1) is 6.04 Å². The van der Waals surface area contributed by atoms with Crippen LogP contribution in [0.25, 0.3) is 0 Å². The standard InChI is InChI=1S/C10H14N4S2/c1-6(2)8-12-13-10(15)14(8)7(3)9-11-4-5-16-9/h4-7H,1-3H3,(H,13,15). The summed E-state index contributed by atoms with van der Waals surface area (Å²) in [7, 11) is 0. The van der Waals surface area contributed by atoms with E-state index in [9.17, 15) is 0 Å². The fourth-order valence-electron chi connectivity index (χ4n) is 1.65. The largest absolute Gasteiger partial charge is 0.294 e. The Morgan fingerprint density at radius 3 is 2.75 bits per heavy atom. The normalized spacial score (nSPS) is 13.2. The summed E-state index contributed by atoms with van der Waals surface area (Å²) in [6.45, 7) is 6.31. The van der Waals surface area contributed by atoms with Crippen LogP contribution in [-0.4, -0.2) is 19.7 Å². The monoisotopic (exact) mass is 254 g/mol. The molecule has 0 aromatic carbocycles. The predicted octanol–water partition coefficient (Wildman–Crippen LogP) is 3.13. The van der Waals surface area contributed by atoms with E-state index in [4.69, 9.17) is 12.2 Å². The van der Waals surface area contributed by atoms with Crippen molar-refractivity contribution in [3.63, 3.8) is 0 Å². The highest BCUT2D eigenvalue weighted by molar-refractivity contribution is 7.71. The van der Waals surface area contributed by atoms with Gasteiger partial charge in [-0.05, 0) is 19.1 Å². The molecule has 1 atom stereocenters. The number of aromatic amines is 1. The molecule has 1 unspecified atom stereocenters. The minimum absolute atomic E-state index is 0.142. The van der Waals surface area contributed by atoms with E-state index in [-0.39, 0.29) is 6.04 Å². The molecule has 0 aliphatic rings. The third-order valence-electron chi connectivity index (χ3n) is 2.44. The predicted molar refractivity (Wildman–Crippen MR) is 67.4 cm³/mol. The van der Waals surface area contributed by atoms with Crippen LogP contribution in [0.2, 0.25) is 0 Å². The lowest BCUT2D eigenvalue weighted by Crippen LogP contribution is -2.11. The second kappa shape index (κ2) is 4.47. The van der Waals surface area contributed by atoms with Crippen LogP contribution in [0.15, 0.2) is 11.6 Å². The fourth-order valence-corrected chi connectivity index (χ4v) is 2.63. The molecule has 0 aliphatic heterocycles. The Labute approximate surface area is 103 Å². The SMILES string of the molecule is CC(C)c1n[nH]c(=S)n1C(C)c1nccs1. The summed E-state index contributed by atoms with van der Waals surface area (Å²) in [4.78, 5) is 4.32. The van der Waals surface area contributed by atoms with Crippen LogP contribution in [0.1, 0.15) is 43.6 Å². The molecule has 4 nitrogen and oxygen atoms in total. The van der Waals surface area contributed by atoms with Gasteiger partial charge in [0.2, 0.25) is 0 Å². The summed E-state index contributed by atoms with van der Waals surface area (Å²) < 4.78 is 2.70. The fraction of sp³-hybridized carbons (Fsp3) is 0.500. The van der Waals surface area contributed by atoms with Crippen LogP contribution in [0.5, 0.6) is 0 Å². The number of hydrogen-bond donors (Lipinski definition) is 1. The Balaban J connectivity index is 2.47. The molecule has 0 saturated carbocycles. The Morgan fingerprint density at radius 1 is 1.44 bits per heavy atom. The van der Waals surface area contributed by atoms with Gasteiger partial charge in [0.1, 0.15) is 10.8 Å². The van der Waals surface area contributed by atoms with E-state index in [1.54, 1.807) is 11.3 Å². The third kappa shape index (κ3) is 1.94. The van der Waals surface area contributed by atoms with Gasteiger partial charge in [-0.1, -0.05) is 13.8 Å². The van der Waals surface area contributed by atoms with E-state index in [2.05, 4.69) is 36.0 Å². The third-order valence-corrected chi connectivity index (χ3v) is 3.68. The van der Waals surface area contributed by atoms with Gasteiger partial charge in [0, 0.05) is 17.5 Å². The van der Waals surface area contributed by atoms with Gasteiger partial charge >= 0.3 is 0 Å². The van der Waals surface area contributed by atoms with Crippen molar-refractivity contribution in [3.05, 3.63) is 27.2 Å². The summed E-state index contributed by atoms with van der Waals surface area (Å²) in [6.07, 6.45) is 1.81. The lowest BCUT2D eigenvalue weighted by atomic mass is 10.2. The zero-order valence-electron chi connectivity index (χ0n) is 9.47. The molecular weight excluding hydrogens is 240 g/mol. The summed E-state index contributed by atoms with van der Waals surface area (Å²) in [5, 5.41) is 10.2. The summed E-state index contributed by atoms with van der Waals surface area (Å²) in [5.41, 5.74) is 0. The molecule has 0 amide bonds. The summed E-state index contributed by atoms with van der Waals surface area (Å²) in [6, 6.07) is 0.142. The smallest absolute Gasteiger partial charge is 0.195 e. The number of H-pyrrole nitrogens is 1. The summed E-state index contributed by atoms with van der Waals surface area (Å²) >= 11 is 6.90. The van der Waals surface area contributed by atoms with Crippen LogP contribution in [0, 0.1) is 4.77 Å². The lowest BCUT2D eigenvalue weighted by Gasteiger charge is -2.14. The zero-order valence-corrected chi connectivity index (χ0v) is 11.1. The van der Waals surface area contributed by atoms with Gasteiger partial charge in [-0.3, -0.25) is 9.67 Å². The molecule has 0 aliphatic carbocycles. The highest BCUT2D eigenvalue weighted by Gasteiger charge is 2.18. The first-order valence-corrected chi connectivity index (χ1v) is 6.46. The molecule has 86 valence electrons. The van der Waals surface area contributed by atoms with Crippen molar-refractivity contribution < 1.29 is 0 Å². The number of hydrogen-bond acceptors (Lipinski definition) is 4. The maximum absolute atomic E-state index is 5.26. The van der Waals surface area contributed by atoms with Gasteiger partial charge in [-0.15, -0.1) is 11.3 Å². The number of aromatic nitrogens is 4. The van der Waals surface area contributed by atoms with Gasteiger partial charge < -0.3 is 0 Å². The molecule has 2 heterocycles. The molecule has 0 spiro atoms. The number of nitrogens with zero attached hydrogens (tertiary/aromatic N) is 3. The second-order valence-electron chi connectivity index (χ2n) is 3.96. The van der Waals surface area contributed by atoms with Crippen LogP contribution in [0.4, 0.5) is 0 Å². The van der Waals surface area contributed by atoms with Crippen LogP contribution < -0.4 is 0 Å². The Morgan fingerprint density at radius 2 is 2.19 bits per heavy atom. The molecule has 6 heteroatoms. The molecule has 16 heavy (non-hydrogen) atoms. The molecule has 0 bridgehead atoms. The van der Waals surface area contributed by atoms with Gasteiger partial charge in [-0.25, -0.2) is 4.98 Å². The van der Waals surface area contributed by atoms with Crippen LogP contribution >= 0.6 is 23.6 Å². The minimum Gasteiger partial charge on any atom is -0.294 e.